The van der Waals surface area contributed by atoms with Crippen LogP contribution >= 0.6 is 0 Å². The van der Waals surface area contributed by atoms with E-state index in [4.69, 9.17) is 9.84 Å². The van der Waals surface area contributed by atoms with Gasteiger partial charge >= 0.3 is 5.97 Å². The Morgan fingerprint density at radius 2 is 2.25 bits per heavy atom. The maximum absolute atomic E-state index is 13.0. The van der Waals surface area contributed by atoms with Gasteiger partial charge in [-0.25, -0.2) is 14.2 Å². The van der Waals surface area contributed by atoms with E-state index >= 15 is 0 Å². The molecular weight excluding hydrogens is 269 g/mol. The predicted molar refractivity (Wildman–Crippen MR) is 69.3 cm³/mol. The second-order valence-corrected chi connectivity index (χ2v) is 4.03. The number of aromatic carboxylic acids is 1. The minimum absolute atomic E-state index is 0.0285. The molecule has 7 nitrogen and oxygen atoms in total. The van der Waals surface area contributed by atoms with Crippen LogP contribution in [0.25, 0.3) is 0 Å². The van der Waals surface area contributed by atoms with E-state index in [2.05, 4.69) is 10.3 Å². The van der Waals surface area contributed by atoms with Crippen LogP contribution in [0.5, 0.6) is 0 Å². The molecule has 2 N–H and O–H groups in total. The second kappa shape index (κ2) is 7.39. The lowest BCUT2D eigenvalue weighted by atomic mass is 10.2. The number of amides is 1. The highest BCUT2D eigenvalue weighted by Crippen LogP contribution is 2.17. The van der Waals surface area contributed by atoms with Crippen LogP contribution in [0.1, 0.15) is 10.4 Å². The molecule has 1 amide bonds. The molecule has 1 aromatic rings. The van der Waals surface area contributed by atoms with Gasteiger partial charge in [-0.1, -0.05) is 0 Å². The predicted octanol–water partition coefficient (Wildman–Crippen LogP) is 0.118. The molecule has 110 valence electrons. The number of pyridine rings is 1. The molecule has 1 heterocycles. The van der Waals surface area contributed by atoms with Gasteiger partial charge in [0.1, 0.15) is 17.2 Å². The Labute approximate surface area is 115 Å². The summed E-state index contributed by atoms with van der Waals surface area (Å²) in [6.45, 7) is 0.638. The van der Waals surface area contributed by atoms with Gasteiger partial charge in [-0.2, -0.15) is 0 Å². The Morgan fingerprint density at radius 3 is 2.85 bits per heavy atom. The van der Waals surface area contributed by atoms with Gasteiger partial charge in [0.2, 0.25) is 5.91 Å². The van der Waals surface area contributed by atoms with Crippen molar-refractivity contribution in [3.63, 3.8) is 0 Å². The smallest absolute Gasteiger partial charge is 0.339 e. The van der Waals surface area contributed by atoms with Gasteiger partial charge in [-0.3, -0.25) is 4.79 Å². The van der Waals surface area contributed by atoms with Gasteiger partial charge < -0.3 is 20.1 Å². The van der Waals surface area contributed by atoms with Crippen molar-refractivity contribution in [2.24, 2.45) is 0 Å². The van der Waals surface area contributed by atoms with Crippen LogP contribution in [0.15, 0.2) is 12.3 Å². The fourth-order valence-electron chi connectivity index (χ4n) is 1.53. The Hall–Kier alpha value is -2.22. The van der Waals surface area contributed by atoms with E-state index < -0.39 is 11.8 Å². The van der Waals surface area contributed by atoms with Crippen LogP contribution in [0.4, 0.5) is 10.2 Å². The van der Waals surface area contributed by atoms with Crippen molar-refractivity contribution in [1.82, 2.24) is 10.3 Å². The van der Waals surface area contributed by atoms with Crippen LogP contribution in [-0.2, 0) is 9.53 Å². The normalized spacial score (nSPS) is 10.2. The number of likely N-dealkylation sites (N-methyl/N-ethyl adjacent to an activating group) is 1. The first kappa shape index (κ1) is 15.8. The summed E-state index contributed by atoms with van der Waals surface area (Å²) in [5, 5.41) is 11.6. The Balaban J connectivity index is 2.74. The van der Waals surface area contributed by atoms with E-state index in [1.54, 1.807) is 0 Å². The molecule has 20 heavy (non-hydrogen) atoms. The molecule has 0 aliphatic carbocycles. The molecule has 0 bridgehead atoms. The van der Waals surface area contributed by atoms with Crippen molar-refractivity contribution < 1.29 is 23.8 Å². The number of carbonyl (C=O) groups is 2. The Morgan fingerprint density at radius 1 is 1.55 bits per heavy atom. The SMILES string of the molecule is COCCNC(=O)CN(C)c1ncc(F)cc1C(=O)O. The lowest BCUT2D eigenvalue weighted by Crippen LogP contribution is -2.37. The molecule has 8 heteroatoms. The summed E-state index contributed by atoms with van der Waals surface area (Å²) in [5.41, 5.74) is -0.294. The average Bonchev–Trinajstić information content (AvgIpc) is 2.38. The summed E-state index contributed by atoms with van der Waals surface area (Å²) >= 11 is 0. The number of methoxy groups -OCH3 is 1. The maximum atomic E-state index is 13.0. The molecule has 1 aromatic heterocycles. The van der Waals surface area contributed by atoms with E-state index in [0.29, 0.717) is 13.2 Å². The standard InChI is InChI=1S/C12H16FN3O4/c1-16(7-10(17)14-3-4-20-2)11-9(12(18)19)5-8(13)6-15-11/h5-6H,3-4,7H2,1-2H3,(H,14,17)(H,18,19). The number of carbonyl (C=O) groups excluding carboxylic acids is 1. The van der Waals surface area contributed by atoms with E-state index in [1.165, 1.54) is 19.1 Å². The monoisotopic (exact) mass is 285 g/mol. The zero-order valence-electron chi connectivity index (χ0n) is 11.2. The quantitative estimate of drug-likeness (QED) is 0.691. The topological polar surface area (TPSA) is 91.8 Å². The van der Waals surface area contributed by atoms with Gasteiger partial charge in [0.05, 0.1) is 19.3 Å². The molecule has 0 saturated carbocycles. The fourth-order valence-corrected chi connectivity index (χ4v) is 1.53. The number of nitrogens with zero attached hydrogens (tertiary/aromatic N) is 2. The largest absolute Gasteiger partial charge is 0.478 e. The highest BCUT2D eigenvalue weighted by Gasteiger charge is 2.18. The number of carboxylic acid groups (broad SMARTS) is 1. The van der Waals surface area contributed by atoms with Crippen molar-refractivity contribution in [1.29, 1.82) is 0 Å². The number of ether oxygens (including phenoxy) is 1. The van der Waals surface area contributed by atoms with Crippen molar-refractivity contribution in [2.45, 2.75) is 0 Å². The first-order chi connectivity index (χ1) is 9.45. The third-order valence-corrected chi connectivity index (χ3v) is 2.43. The zero-order chi connectivity index (χ0) is 15.1. The van der Waals surface area contributed by atoms with E-state index in [9.17, 15) is 14.0 Å². The minimum atomic E-state index is -1.31. The van der Waals surface area contributed by atoms with Gasteiger partial charge in [0.25, 0.3) is 0 Å². The second-order valence-electron chi connectivity index (χ2n) is 4.03. The van der Waals surface area contributed by atoms with Crippen LogP contribution < -0.4 is 10.2 Å². The molecule has 0 saturated heterocycles. The first-order valence-corrected chi connectivity index (χ1v) is 5.81. The molecule has 0 unspecified atom stereocenters. The average molecular weight is 285 g/mol. The van der Waals surface area contributed by atoms with Gasteiger partial charge in [-0.15, -0.1) is 0 Å². The van der Waals surface area contributed by atoms with Crippen molar-refractivity contribution in [2.75, 3.05) is 38.8 Å². The number of hydrogen-bond donors (Lipinski definition) is 2. The molecule has 0 aromatic carbocycles. The van der Waals surface area contributed by atoms with Crippen LogP contribution in [0.2, 0.25) is 0 Å². The van der Waals surface area contributed by atoms with E-state index in [-0.39, 0.29) is 23.8 Å². The number of aromatic nitrogens is 1. The van der Waals surface area contributed by atoms with Crippen molar-refractivity contribution >= 4 is 17.7 Å². The number of hydrogen-bond acceptors (Lipinski definition) is 5. The summed E-state index contributed by atoms with van der Waals surface area (Å²) in [6.07, 6.45) is 0.904. The molecule has 0 fully saturated rings. The number of rotatable bonds is 7. The summed E-state index contributed by atoms with van der Waals surface area (Å²) in [4.78, 5) is 27.7. The number of carboxylic acids is 1. The molecule has 0 aliphatic rings. The Kier molecular flexibility index (Phi) is 5.85. The third-order valence-electron chi connectivity index (χ3n) is 2.43. The molecule has 0 atom stereocenters. The molecule has 0 aliphatic heterocycles. The summed E-state index contributed by atoms with van der Waals surface area (Å²) in [5.74, 6) is -2.34. The fraction of sp³-hybridized carbons (Fsp3) is 0.417. The maximum Gasteiger partial charge on any atom is 0.339 e. The number of anilines is 1. The molecular formula is C12H16FN3O4. The van der Waals surface area contributed by atoms with Crippen LogP contribution in [-0.4, -0.2) is 55.8 Å². The lowest BCUT2D eigenvalue weighted by molar-refractivity contribution is -0.119. The van der Waals surface area contributed by atoms with Crippen LogP contribution in [0.3, 0.4) is 0 Å². The lowest BCUT2D eigenvalue weighted by Gasteiger charge is -2.19. The van der Waals surface area contributed by atoms with E-state index in [0.717, 1.165) is 12.3 Å². The highest BCUT2D eigenvalue weighted by atomic mass is 19.1. The summed E-state index contributed by atoms with van der Waals surface area (Å²) < 4.78 is 17.8. The first-order valence-electron chi connectivity index (χ1n) is 5.81. The number of halogens is 1. The summed E-state index contributed by atoms with van der Waals surface area (Å²) in [7, 11) is 3.02. The van der Waals surface area contributed by atoms with Crippen LogP contribution in [0, 0.1) is 5.82 Å². The molecule has 1 rings (SSSR count). The minimum Gasteiger partial charge on any atom is -0.478 e. The van der Waals surface area contributed by atoms with Gasteiger partial charge in [0.15, 0.2) is 0 Å². The van der Waals surface area contributed by atoms with Crippen molar-refractivity contribution in [3.8, 4) is 0 Å². The number of nitrogens with one attached hydrogen (secondary N) is 1. The molecule has 0 radical (unpaired) electrons. The third kappa shape index (κ3) is 4.47. The van der Waals surface area contributed by atoms with Gasteiger partial charge in [0, 0.05) is 20.7 Å². The van der Waals surface area contributed by atoms with Gasteiger partial charge in [-0.05, 0) is 6.07 Å². The van der Waals surface area contributed by atoms with Crippen molar-refractivity contribution in [3.05, 3.63) is 23.6 Å². The molecule has 0 spiro atoms. The Bertz CT molecular complexity index is 496. The zero-order valence-corrected chi connectivity index (χ0v) is 11.2. The highest BCUT2D eigenvalue weighted by molar-refractivity contribution is 5.94. The summed E-state index contributed by atoms with van der Waals surface area (Å²) in [6, 6.07) is 0.865. The van der Waals surface area contributed by atoms with E-state index in [1.807, 2.05) is 0 Å².